The zero-order valence-electron chi connectivity index (χ0n) is 12.1. The van der Waals surface area contributed by atoms with Crippen LogP contribution in [0.2, 0.25) is 0 Å². The smallest absolute Gasteiger partial charge is 0.254 e. The third-order valence-electron chi connectivity index (χ3n) is 3.50. The Morgan fingerprint density at radius 1 is 1.26 bits per heavy atom. The highest BCUT2D eigenvalue weighted by atomic mass is 16.5. The summed E-state index contributed by atoms with van der Waals surface area (Å²) < 4.78 is 5.56. The van der Waals surface area contributed by atoms with Gasteiger partial charge in [-0.3, -0.25) is 4.79 Å². The lowest BCUT2D eigenvalue weighted by Crippen LogP contribution is -2.50. The minimum Gasteiger partial charge on any atom is -0.378 e. The molecule has 1 aliphatic rings. The van der Waals surface area contributed by atoms with Crippen molar-refractivity contribution < 1.29 is 9.53 Å². The summed E-state index contributed by atoms with van der Waals surface area (Å²) in [4.78, 5) is 16.4. The molecule has 1 fully saturated rings. The Bertz CT molecular complexity index is 442. The van der Waals surface area contributed by atoms with Crippen LogP contribution in [0.25, 0.3) is 0 Å². The van der Waals surface area contributed by atoms with E-state index in [4.69, 9.17) is 4.74 Å². The summed E-state index contributed by atoms with van der Waals surface area (Å²) in [5.74, 6) is 0.0907. The molecule has 0 N–H and O–H groups in total. The summed E-state index contributed by atoms with van der Waals surface area (Å²) in [5, 5.41) is 0. The predicted molar refractivity (Wildman–Crippen MR) is 76.7 cm³/mol. The Kier molecular flexibility index (Phi) is 4.10. The molecule has 0 aliphatic carbocycles. The highest BCUT2D eigenvalue weighted by molar-refractivity contribution is 5.94. The van der Waals surface area contributed by atoms with E-state index in [1.807, 2.05) is 62.0 Å². The quantitative estimate of drug-likeness (QED) is 0.817. The Morgan fingerprint density at radius 2 is 1.89 bits per heavy atom. The number of carbonyl (C=O) groups excluding carboxylic acids is 1. The molecule has 2 rings (SSSR count). The third-order valence-corrected chi connectivity index (χ3v) is 3.50. The largest absolute Gasteiger partial charge is 0.378 e. The fourth-order valence-electron chi connectivity index (χ4n) is 2.25. The van der Waals surface area contributed by atoms with E-state index in [9.17, 15) is 4.79 Å². The van der Waals surface area contributed by atoms with Crippen LogP contribution in [0.5, 0.6) is 0 Å². The van der Waals surface area contributed by atoms with Gasteiger partial charge >= 0.3 is 0 Å². The van der Waals surface area contributed by atoms with Crippen molar-refractivity contribution in [1.82, 2.24) is 4.90 Å². The SMILES string of the molecule is CC1CN(C(=O)c2ccc(N(C)C)cc2)C(C)CO1. The maximum Gasteiger partial charge on any atom is 0.254 e. The van der Waals surface area contributed by atoms with Crippen LogP contribution < -0.4 is 4.90 Å². The van der Waals surface area contributed by atoms with E-state index in [0.29, 0.717) is 13.2 Å². The Balaban J connectivity index is 2.14. The summed E-state index contributed by atoms with van der Waals surface area (Å²) in [6, 6.07) is 7.87. The van der Waals surface area contributed by atoms with Crippen LogP contribution in [0, 0.1) is 0 Å². The Labute approximate surface area is 115 Å². The molecule has 4 nitrogen and oxygen atoms in total. The van der Waals surface area contributed by atoms with E-state index in [-0.39, 0.29) is 18.1 Å². The molecule has 0 radical (unpaired) electrons. The fraction of sp³-hybridized carbons (Fsp3) is 0.533. The lowest BCUT2D eigenvalue weighted by Gasteiger charge is -2.36. The van der Waals surface area contributed by atoms with Gasteiger partial charge in [-0.25, -0.2) is 0 Å². The second-order valence-corrected chi connectivity index (χ2v) is 5.39. The van der Waals surface area contributed by atoms with Crippen molar-refractivity contribution in [3.8, 4) is 0 Å². The first kappa shape index (κ1) is 13.9. The van der Waals surface area contributed by atoms with Crippen LogP contribution in [0.1, 0.15) is 24.2 Å². The molecule has 1 heterocycles. The van der Waals surface area contributed by atoms with Crippen molar-refractivity contribution in [3.63, 3.8) is 0 Å². The molecular weight excluding hydrogens is 240 g/mol. The molecular formula is C15H22N2O2. The minimum atomic E-state index is 0.0907. The van der Waals surface area contributed by atoms with Gasteiger partial charge in [0, 0.05) is 31.9 Å². The number of hydrogen-bond donors (Lipinski definition) is 0. The summed E-state index contributed by atoms with van der Waals surface area (Å²) >= 11 is 0. The Morgan fingerprint density at radius 3 is 2.47 bits per heavy atom. The van der Waals surface area contributed by atoms with E-state index < -0.39 is 0 Å². The number of nitrogens with zero attached hydrogens (tertiary/aromatic N) is 2. The second-order valence-electron chi connectivity index (χ2n) is 5.39. The van der Waals surface area contributed by atoms with Gasteiger partial charge in [0.15, 0.2) is 0 Å². The van der Waals surface area contributed by atoms with Crippen molar-refractivity contribution >= 4 is 11.6 Å². The number of anilines is 1. The lowest BCUT2D eigenvalue weighted by atomic mass is 10.1. The second kappa shape index (κ2) is 5.61. The van der Waals surface area contributed by atoms with Crippen LogP contribution in [-0.2, 0) is 4.74 Å². The van der Waals surface area contributed by atoms with Gasteiger partial charge in [0.05, 0.1) is 18.8 Å². The first-order valence-electron chi connectivity index (χ1n) is 6.69. The van der Waals surface area contributed by atoms with Crippen LogP contribution in [0.4, 0.5) is 5.69 Å². The molecule has 1 aromatic rings. The molecule has 4 heteroatoms. The number of amides is 1. The van der Waals surface area contributed by atoms with E-state index in [2.05, 4.69) is 0 Å². The number of ether oxygens (including phenoxy) is 1. The lowest BCUT2D eigenvalue weighted by molar-refractivity contribution is -0.0387. The summed E-state index contributed by atoms with van der Waals surface area (Å²) in [6.45, 7) is 5.30. The number of benzene rings is 1. The molecule has 1 aromatic carbocycles. The highest BCUT2D eigenvalue weighted by Gasteiger charge is 2.28. The van der Waals surface area contributed by atoms with Crippen molar-refractivity contribution in [2.45, 2.75) is 26.0 Å². The molecule has 19 heavy (non-hydrogen) atoms. The van der Waals surface area contributed by atoms with Crippen LogP contribution >= 0.6 is 0 Å². The number of morpholine rings is 1. The molecule has 2 atom stereocenters. The monoisotopic (exact) mass is 262 g/mol. The minimum absolute atomic E-state index is 0.0907. The van der Waals surface area contributed by atoms with Crippen LogP contribution in [0.15, 0.2) is 24.3 Å². The molecule has 1 amide bonds. The highest BCUT2D eigenvalue weighted by Crippen LogP contribution is 2.18. The van der Waals surface area contributed by atoms with E-state index in [0.717, 1.165) is 11.3 Å². The van der Waals surface area contributed by atoms with Gasteiger partial charge in [-0.15, -0.1) is 0 Å². The van der Waals surface area contributed by atoms with Gasteiger partial charge in [-0.1, -0.05) is 0 Å². The maximum atomic E-state index is 12.5. The molecule has 0 aromatic heterocycles. The van der Waals surface area contributed by atoms with Gasteiger partial charge in [0.1, 0.15) is 0 Å². The average Bonchev–Trinajstić information content (AvgIpc) is 2.41. The van der Waals surface area contributed by atoms with E-state index in [1.165, 1.54) is 0 Å². The first-order chi connectivity index (χ1) is 8.99. The van der Waals surface area contributed by atoms with Gasteiger partial charge in [0.2, 0.25) is 0 Å². The molecule has 2 unspecified atom stereocenters. The van der Waals surface area contributed by atoms with Crippen molar-refractivity contribution in [2.75, 3.05) is 32.1 Å². The van der Waals surface area contributed by atoms with Gasteiger partial charge < -0.3 is 14.5 Å². The topological polar surface area (TPSA) is 32.8 Å². The molecule has 0 spiro atoms. The third kappa shape index (κ3) is 3.07. The average molecular weight is 262 g/mol. The van der Waals surface area contributed by atoms with Crippen LogP contribution in [-0.4, -0.2) is 50.2 Å². The van der Waals surface area contributed by atoms with Gasteiger partial charge in [0.25, 0.3) is 5.91 Å². The number of rotatable bonds is 2. The Hall–Kier alpha value is -1.55. The molecule has 1 aliphatic heterocycles. The molecule has 0 saturated carbocycles. The molecule has 0 bridgehead atoms. The molecule has 104 valence electrons. The maximum absolute atomic E-state index is 12.5. The standard InChI is InChI=1S/C15H22N2O2/c1-11-10-19-12(2)9-17(11)15(18)13-5-7-14(8-6-13)16(3)4/h5-8,11-12H,9-10H2,1-4H3. The number of hydrogen-bond acceptors (Lipinski definition) is 3. The predicted octanol–water partition coefficient (Wildman–Crippen LogP) is 2.00. The van der Waals surface area contributed by atoms with E-state index >= 15 is 0 Å². The summed E-state index contributed by atoms with van der Waals surface area (Å²) in [6.07, 6.45) is 0.112. The first-order valence-corrected chi connectivity index (χ1v) is 6.69. The van der Waals surface area contributed by atoms with Crippen molar-refractivity contribution in [1.29, 1.82) is 0 Å². The van der Waals surface area contributed by atoms with Gasteiger partial charge in [-0.05, 0) is 38.1 Å². The normalized spacial score (nSPS) is 23.3. The zero-order valence-corrected chi connectivity index (χ0v) is 12.1. The molecule has 1 saturated heterocycles. The van der Waals surface area contributed by atoms with Gasteiger partial charge in [-0.2, -0.15) is 0 Å². The summed E-state index contributed by atoms with van der Waals surface area (Å²) in [7, 11) is 3.98. The van der Waals surface area contributed by atoms with Crippen molar-refractivity contribution in [2.24, 2.45) is 0 Å². The zero-order chi connectivity index (χ0) is 14.0. The van der Waals surface area contributed by atoms with Crippen molar-refractivity contribution in [3.05, 3.63) is 29.8 Å². The summed E-state index contributed by atoms with van der Waals surface area (Å²) in [5.41, 5.74) is 1.84. The van der Waals surface area contributed by atoms with Crippen LogP contribution in [0.3, 0.4) is 0 Å². The van der Waals surface area contributed by atoms with E-state index in [1.54, 1.807) is 0 Å². The fourth-order valence-corrected chi connectivity index (χ4v) is 2.25. The number of carbonyl (C=O) groups is 1.